The van der Waals surface area contributed by atoms with Gasteiger partial charge in [0.25, 0.3) is 0 Å². The molecule has 0 spiro atoms. The molecule has 0 atom stereocenters. The van der Waals surface area contributed by atoms with Crippen molar-refractivity contribution in [3.05, 3.63) is 194 Å². The van der Waals surface area contributed by atoms with Crippen LogP contribution in [0.5, 0.6) is 0 Å². The first-order chi connectivity index (χ1) is 24.8. The lowest BCUT2D eigenvalue weighted by Crippen LogP contribution is -2.10. The summed E-state index contributed by atoms with van der Waals surface area (Å²) in [6.45, 7) is 0. The Morgan fingerprint density at radius 1 is 0.320 bits per heavy atom. The average molecular weight is 637 g/mol. The number of benzene rings is 9. The van der Waals surface area contributed by atoms with Gasteiger partial charge in [-0.15, -0.1) is 0 Å². The lowest BCUT2D eigenvalue weighted by molar-refractivity contribution is 1.18. The van der Waals surface area contributed by atoms with Crippen LogP contribution >= 0.6 is 0 Å². The molecule has 9 aromatic carbocycles. The molecule has 0 N–H and O–H groups in total. The lowest BCUT2D eigenvalue weighted by atomic mass is 9.96. The second-order valence-corrected chi connectivity index (χ2v) is 13.0. The van der Waals surface area contributed by atoms with Crippen molar-refractivity contribution in [2.24, 2.45) is 0 Å². The lowest BCUT2D eigenvalue weighted by Gasteiger charge is -2.27. The topological polar surface area (TPSA) is 8.17 Å². The van der Waals surface area contributed by atoms with E-state index in [1.807, 2.05) is 0 Å². The van der Waals surface area contributed by atoms with Crippen molar-refractivity contribution in [2.45, 2.75) is 0 Å². The molecule has 10 aromatic rings. The Hall–Kier alpha value is -6.64. The number of hydrogen-bond acceptors (Lipinski definition) is 1. The van der Waals surface area contributed by atoms with Crippen molar-refractivity contribution >= 4 is 71.2 Å². The molecular weight excluding hydrogens is 605 g/mol. The minimum atomic E-state index is 1.10. The van der Waals surface area contributed by atoms with Crippen molar-refractivity contribution in [1.29, 1.82) is 0 Å². The zero-order chi connectivity index (χ0) is 33.0. The number of aromatic nitrogens is 1. The Morgan fingerprint density at radius 2 is 0.900 bits per heavy atom. The summed E-state index contributed by atoms with van der Waals surface area (Å²) in [5.41, 5.74) is 9.25. The van der Waals surface area contributed by atoms with Crippen LogP contribution in [0, 0.1) is 0 Å². The van der Waals surface area contributed by atoms with Crippen molar-refractivity contribution in [2.75, 3.05) is 4.90 Å². The summed E-state index contributed by atoms with van der Waals surface area (Å²) < 4.78 is 2.39. The van der Waals surface area contributed by atoms with Gasteiger partial charge in [0.1, 0.15) is 0 Å². The zero-order valence-electron chi connectivity index (χ0n) is 27.4. The zero-order valence-corrected chi connectivity index (χ0v) is 27.4. The number of hydrogen-bond donors (Lipinski definition) is 0. The van der Waals surface area contributed by atoms with Crippen LogP contribution in [0.2, 0.25) is 0 Å². The smallest absolute Gasteiger partial charge is 0.0561 e. The van der Waals surface area contributed by atoms with Crippen LogP contribution in [-0.2, 0) is 0 Å². The van der Waals surface area contributed by atoms with E-state index in [4.69, 9.17) is 0 Å². The van der Waals surface area contributed by atoms with Crippen LogP contribution in [-0.4, -0.2) is 4.57 Å². The number of rotatable bonds is 5. The van der Waals surface area contributed by atoms with Crippen LogP contribution in [0.4, 0.5) is 17.1 Å². The van der Waals surface area contributed by atoms with E-state index in [1.165, 1.54) is 65.3 Å². The Labute approximate surface area is 290 Å². The first kappa shape index (κ1) is 28.4. The Morgan fingerprint density at radius 3 is 1.74 bits per heavy atom. The maximum atomic E-state index is 2.41. The number of para-hydroxylation sites is 2. The molecular formula is C48H32N2. The highest BCUT2D eigenvalue weighted by Crippen LogP contribution is 2.42. The van der Waals surface area contributed by atoms with Gasteiger partial charge in [0.15, 0.2) is 0 Å². The Kier molecular flexibility index (Phi) is 6.53. The van der Waals surface area contributed by atoms with E-state index in [-0.39, 0.29) is 0 Å². The van der Waals surface area contributed by atoms with Crippen molar-refractivity contribution in [3.63, 3.8) is 0 Å². The molecule has 0 amide bonds. The van der Waals surface area contributed by atoms with Crippen LogP contribution in [0.3, 0.4) is 0 Å². The molecule has 0 unspecified atom stereocenters. The summed E-state index contributed by atoms with van der Waals surface area (Å²) >= 11 is 0. The van der Waals surface area contributed by atoms with Crippen molar-refractivity contribution in [1.82, 2.24) is 4.57 Å². The second kappa shape index (κ2) is 11.5. The molecule has 234 valence electrons. The SMILES string of the molecule is c1ccc(-c2cccc(N(c3ccc4c(ccc5ccc6ccccc6c54)c3)c3ccc4c5ccccc5n(-c5ccccc5)c4c3)c2)cc1. The van der Waals surface area contributed by atoms with E-state index in [0.717, 1.165) is 22.7 Å². The summed E-state index contributed by atoms with van der Waals surface area (Å²) in [5.74, 6) is 0. The molecule has 0 radical (unpaired) electrons. The minimum Gasteiger partial charge on any atom is -0.310 e. The number of fused-ring (bicyclic) bond motifs is 8. The van der Waals surface area contributed by atoms with E-state index >= 15 is 0 Å². The first-order valence-electron chi connectivity index (χ1n) is 17.2. The molecule has 0 aliphatic carbocycles. The van der Waals surface area contributed by atoms with Gasteiger partial charge >= 0.3 is 0 Å². The maximum Gasteiger partial charge on any atom is 0.0561 e. The van der Waals surface area contributed by atoms with Crippen LogP contribution in [0.1, 0.15) is 0 Å². The molecule has 0 saturated carbocycles. The normalized spacial score (nSPS) is 11.6. The summed E-state index contributed by atoms with van der Waals surface area (Å²) in [6, 6.07) is 70.5. The second-order valence-electron chi connectivity index (χ2n) is 13.0. The molecule has 2 heteroatoms. The predicted octanol–water partition coefficient (Wildman–Crippen LogP) is 13.4. The standard InChI is InChI=1S/C48H32N2/c1-3-12-33(13-4-1)36-15-11-18-39(30-36)49(40-26-28-43-37(31-40)25-24-35-23-22-34-14-7-8-19-42(34)48(35)43)41-27-29-45-44-20-9-10-21-46(44)50(47(45)32-41)38-16-5-2-6-17-38/h1-32H. The van der Waals surface area contributed by atoms with Gasteiger partial charge in [-0.1, -0.05) is 140 Å². The molecule has 1 heterocycles. The van der Waals surface area contributed by atoms with E-state index in [9.17, 15) is 0 Å². The molecule has 0 fully saturated rings. The maximum absolute atomic E-state index is 2.41. The summed E-state index contributed by atoms with van der Waals surface area (Å²) in [5, 5.41) is 10.1. The Balaban J connectivity index is 1.23. The quantitative estimate of drug-likeness (QED) is 0.171. The van der Waals surface area contributed by atoms with Crippen LogP contribution in [0.25, 0.3) is 70.9 Å². The van der Waals surface area contributed by atoms with E-state index in [2.05, 4.69) is 204 Å². The summed E-state index contributed by atoms with van der Waals surface area (Å²) in [6.07, 6.45) is 0. The molecule has 1 aromatic heterocycles. The molecule has 0 aliphatic heterocycles. The van der Waals surface area contributed by atoms with E-state index in [1.54, 1.807) is 0 Å². The van der Waals surface area contributed by atoms with Crippen LogP contribution < -0.4 is 4.90 Å². The predicted molar refractivity (Wildman–Crippen MR) is 213 cm³/mol. The van der Waals surface area contributed by atoms with Gasteiger partial charge in [-0.2, -0.15) is 0 Å². The summed E-state index contributed by atoms with van der Waals surface area (Å²) in [7, 11) is 0. The van der Waals surface area contributed by atoms with Crippen molar-refractivity contribution in [3.8, 4) is 16.8 Å². The van der Waals surface area contributed by atoms with Crippen molar-refractivity contribution < 1.29 is 0 Å². The third-order valence-electron chi connectivity index (χ3n) is 10.1. The third kappa shape index (κ3) is 4.57. The largest absolute Gasteiger partial charge is 0.310 e. The van der Waals surface area contributed by atoms with Gasteiger partial charge < -0.3 is 9.47 Å². The molecule has 0 bridgehead atoms. The van der Waals surface area contributed by atoms with Gasteiger partial charge in [-0.05, 0) is 98.0 Å². The first-order valence-corrected chi connectivity index (χ1v) is 17.2. The molecule has 10 rings (SSSR count). The fourth-order valence-corrected chi connectivity index (χ4v) is 7.82. The molecule has 0 aliphatic rings. The highest BCUT2D eigenvalue weighted by Gasteiger charge is 2.19. The molecule has 2 nitrogen and oxygen atoms in total. The number of nitrogens with zero attached hydrogens (tertiary/aromatic N) is 2. The fraction of sp³-hybridized carbons (Fsp3) is 0. The fourth-order valence-electron chi connectivity index (χ4n) is 7.82. The van der Waals surface area contributed by atoms with Gasteiger partial charge in [0.2, 0.25) is 0 Å². The van der Waals surface area contributed by atoms with Gasteiger partial charge in [0.05, 0.1) is 11.0 Å². The van der Waals surface area contributed by atoms with E-state index < -0.39 is 0 Å². The van der Waals surface area contributed by atoms with E-state index in [0.29, 0.717) is 0 Å². The summed E-state index contributed by atoms with van der Waals surface area (Å²) in [4.78, 5) is 2.41. The van der Waals surface area contributed by atoms with Gasteiger partial charge in [0, 0.05) is 33.5 Å². The molecule has 50 heavy (non-hydrogen) atoms. The highest BCUT2D eigenvalue weighted by molar-refractivity contribution is 6.20. The average Bonchev–Trinajstić information content (AvgIpc) is 3.52. The minimum absolute atomic E-state index is 1.10. The Bertz CT molecular complexity index is 2870. The van der Waals surface area contributed by atoms with Gasteiger partial charge in [-0.3, -0.25) is 0 Å². The molecule has 0 saturated heterocycles. The van der Waals surface area contributed by atoms with Gasteiger partial charge in [-0.25, -0.2) is 0 Å². The van der Waals surface area contributed by atoms with Crippen LogP contribution in [0.15, 0.2) is 194 Å². The highest BCUT2D eigenvalue weighted by atomic mass is 15.1. The third-order valence-corrected chi connectivity index (χ3v) is 10.1. The monoisotopic (exact) mass is 636 g/mol. The number of anilines is 3.